The van der Waals surface area contributed by atoms with Crippen molar-refractivity contribution in [3.63, 3.8) is 0 Å². The zero-order valence-corrected chi connectivity index (χ0v) is 21.3. The van der Waals surface area contributed by atoms with Crippen molar-refractivity contribution in [2.75, 3.05) is 31.6 Å². The van der Waals surface area contributed by atoms with E-state index < -0.39 is 16.1 Å². The number of anilines is 1. The maximum atomic E-state index is 13.6. The highest BCUT2D eigenvalue weighted by Gasteiger charge is 2.41. The molecule has 0 radical (unpaired) electrons. The Kier molecular flexibility index (Phi) is 7.19. The summed E-state index contributed by atoms with van der Waals surface area (Å²) in [6.45, 7) is 7.67. The van der Waals surface area contributed by atoms with Crippen LogP contribution in [0.4, 0.5) is 5.69 Å². The van der Waals surface area contributed by atoms with E-state index >= 15 is 0 Å². The SMILES string of the molecule is COc1ccc(N2CCC(NC(=O)C3CCCN3S(=O)(=O)c3c(C)cc(C)cc3C)CC2)cc1. The van der Waals surface area contributed by atoms with E-state index in [4.69, 9.17) is 4.74 Å². The van der Waals surface area contributed by atoms with Gasteiger partial charge in [-0.3, -0.25) is 4.79 Å². The number of piperidine rings is 1. The van der Waals surface area contributed by atoms with Crippen molar-refractivity contribution >= 4 is 21.6 Å². The van der Waals surface area contributed by atoms with Gasteiger partial charge in [0.1, 0.15) is 11.8 Å². The Balaban J connectivity index is 1.40. The summed E-state index contributed by atoms with van der Waals surface area (Å²) in [6.07, 6.45) is 2.90. The number of nitrogens with zero attached hydrogens (tertiary/aromatic N) is 2. The molecule has 2 heterocycles. The Morgan fingerprint density at radius 3 is 2.18 bits per heavy atom. The predicted molar refractivity (Wildman–Crippen MR) is 134 cm³/mol. The van der Waals surface area contributed by atoms with E-state index in [9.17, 15) is 13.2 Å². The van der Waals surface area contributed by atoms with Crippen LogP contribution >= 0.6 is 0 Å². The van der Waals surface area contributed by atoms with Crippen LogP contribution in [0.3, 0.4) is 0 Å². The normalized spacial score (nSPS) is 19.9. The number of hydrogen-bond acceptors (Lipinski definition) is 5. The summed E-state index contributed by atoms with van der Waals surface area (Å²) in [5.74, 6) is 0.657. The zero-order chi connectivity index (χ0) is 24.5. The molecule has 2 aromatic carbocycles. The van der Waals surface area contributed by atoms with E-state index in [-0.39, 0.29) is 11.9 Å². The van der Waals surface area contributed by atoms with Gasteiger partial charge in [-0.05, 0) is 81.8 Å². The summed E-state index contributed by atoms with van der Waals surface area (Å²) >= 11 is 0. The van der Waals surface area contributed by atoms with Gasteiger partial charge in [0.2, 0.25) is 15.9 Å². The summed E-state index contributed by atoms with van der Waals surface area (Å²) in [7, 11) is -2.09. The number of carbonyl (C=O) groups is 1. The van der Waals surface area contributed by atoms with Gasteiger partial charge in [0.25, 0.3) is 0 Å². The molecule has 8 heteroatoms. The first-order valence-corrected chi connectivity index (χ1v) is 13.4. The van der Waals surface area contributed by atoms with Crippen molar-refractivity contribution in [1.29, 1.82) is 0 Å². The Morgan fingerprint density at radius 2 is 1.59 bits per heavy atom. The fourth-order valence-corrected chi connectivity index (χ4v) is 7.42. The molecule has 2 aromatic rings. The number of rotatable bonds is 6. The number of carbonyl (C=O) groups excluding carboxylic acids is 1. The van der Waals surface area contributed by atoms with E-state index in [1.165, 1.54) is 4.31 Å². The van der Waals surface area contributed by atoms with Crippen molar-refractivity contribution in [2.24, 2.45) is 0 Å². The number of ether oxygens (including phenoxy) is 1. The number of sulfonamides is 1. The molecule has 0 saturated carbocycles. The van der Waals surface area contributed by atoms with Gasteiger partial charge >= 0.3 is 0 Å². The summed E-state index contributed by atoms with van der Waals surface area (Å²) < 4.78 is 33.8. The smallest absolute Gasteiger partial charge is 0.244 e. The molecular formula is C26H35N3O4S. The highest BCUT2D eigenvalue weighted by Crippen LogP contribution is 2.31. The molecule has 7 nitrogen and oxygen atoms in total. The number of aryl methyl sites for hydroxylation is 3. The van der Waals surface area contributed by atoms with E-state index in [0.29, 0.717) is 24.3 Å². The topological polar surface area (TPSA) is 79.0 Å². The zero-order valence-electron chi connectivity index (χ0n) is 20.5. The Hall–Kier alpha value is -2.58. The minimum atomic E-state index is -3.75. The lowest BCUT2D eigenvalue weighted by Gasteiger charge is -2.35. The highest BCUT2D eigenvalue weighted by atomic mass is 32.2. The molecule has 184 valence electrons. The van der Waals surface area contributed by atoms with Crippen molar-refractivity contribution in [2.45, 2.75) is 63.4 Å². The molecule has 1 N–H and O–H groups in total. The number of amides is 1. The van der Waals surface area contributed by atoms with Crippen LogP contribution in [0.15, 0.2) is 41.3 Å². The Morgan fingerprint density at radius 1 is 0.971 bits per heavy atom. The minimum Gasteiger partial charge on any atom is -0.497 e. The molecule has 0 aliphatic carbocycles. The average Bonchev–Trinajstić information content (AvgIpc) is 3.30. The Labute approximate surface area is 203 Å². The average molecular weight is 486 g/mol. The maximum Gasteiger partial charge on any atom is 0.244 e. The molecule has 34 heavy (non-hydrogen) atoms. The second-order valence-electron chi connectivity index (χ2n) is 9.47. The molecule has 0 bridgehead atoms. The standard InChI is InChI=1S/C26H35N3O4S/c1-18-16-19(2)25(20(3)17-18)34(31,32)29-13-5-6-24(29)26(30)27-21-11-14-28(15-12-21)22-7-9-23(33-4)10-8-22/h7-10,16-17,21,24H,5-6,11-15H2,1-4H3,(H,27,30). The lowest BCUT2D eigenvalue weighted by atomic mass is 10.0. The van der Waals surface area contributed by atoms with Crippen LogP contribution in [0.2, 0.25) is 0 Å². The first kappa shape index (κ1) is 24.5. The van der Waals surface area contributed by atoms with Crippen molar-refractivity contribution in [1.82, 2.24) is 9.62 Å². The third-order valence-corrected chi connectivity index (χ3v) is 9.17. The van der Waals surface area contributed by atoms with Gasteiger partial charge in [-0.1, -0.05) is 17.7 Å². The summed E-state index contributed by atoms with van der Waals surface area (Å²) in [5, 5.41) is 3.15. The third-order valence-electron chi connectivity index (χ3n) is 6.96. The summed E-state index contributed by atoms with van der Waals surface area (Å²) in [6, 6.07) is 11.2. The third kappa shape index (κ3) is 4.93. The summed E-state index contributed by atoms with van der Waals surface area (Å²) in [4.78, 5) is 15.8. The van der Waals surface area contributed by atoms with Gasteiger partial charge < -0.3 is 15.0 Å². The van der Waals surface area contributed by atoms with Gasteiger partial charge in [-0.25, -0.2) is 8.42 Å². The summed E-state index contributed by atoms with van der Waals surface area (Å²) in [5.41, 5.74) is 3.64. The van der Waals surface area contributed by atoms with E-state index in [1.807, 2.05) is 57.2 Å². The monoisotopic (exact) mass is 485 g/mol. The van der Waals surface area contributed by atoms with Crippen LogP contribution in [-0.2, 0) is 14.8 Å². The lowest BCUT2D eigenvalue weighted by molar-refractivity contribution is -0.125. The van der Waals surface area contributed by atoms with Gasteiger partial charge in [-0.15, -0.1) is 0 Å². The van der Waals surface area contributed by atoms with Gasteiger partial charge in [0, 0.05) is 31.4 Å². The van der Waals surface area contributed by atoms with Crippen molar-refractivity contribution < 1.29 is 17.9 Å². The van der Waals surface area contributed by atoms with E-state index in [2.05, 4.69) is 10.2 Å². The van der Waals surface area contributed by atoms with Crippen molar-refractivity contribution in [3.05, 3.63) is 53.1 Å². The molecule has 0 aromatic heterocycles. The second-order valence-corrected chi connectivity index (χ2v) is 11.3. The van der Waals surface area contributed by atoms with Crippen LogP contribution in [0.1, 0.15) is 42.4 Å². The number of nitrogens with one attached hydrogen (secondary N) is 1. The highest BCUT2D eigenvalue weighted by molar-refractivity contribution is 7.89. The molecule has 2 saturated heterocycles. The molecule has 0 spiro atoms. The van der Waals surface area contributed by atoms with Gasteiger partial charge in [0.15, 0.2) is 0 Å². The second kappa shape index (κ2) is 9.96. The number of benzene rings is 2. The molecule has 1 amide bonds. The lowest BCUT2D eigenvalue weighted by Crippen LogP contribution is -2.51. The van der Waals surface area contributed by atoms with Crippen LogP contribution in [0.5, 0.6) is 5.75 Å². The van der Waals surface area contributed by atoms with E-state index in [1.54, 1.807) is 7.11 Å². The number of methoxy groups -OCH3 is 1. The fraction of sp³-hybridized carbons (Fsp3) is 0.500. The van der Waals surface area contributed by atoms with Crippen molar-refractivity contribution in [3.8, 4) is 5.75 Å². The van der Waals surface area contributed by atoms with Crippen LogP contribution in [0.25, 0.3) is 0 Å². The molecular weight excluding hydrogens is 450 g/mol. The van der Waals surface area contributed by atoms with Crippen LogP contribution in [-0.4, -0.2) is 57.5 Å². The van der Waals surface area contributed by atoms with Crippen LogP contribution < -0.4 is 15.0 Å². The first-order chi connectivity index (χ1) is 16.2. The van der Waals surface area contributed by atoms with Crippen LogP contribution in [0, 0.1) is 20.8 Å². The molecule has 2 aliphatic heterocycles. The fourth-order valence-electron chi connectivity index (χ4n) is 5.35. The predicted octanol–water partition coefficient (Wildman–Crippen LogP) is 3.56. The molecule has 2 aliphatic rings. The van der Waals surface area contributed by atoms with E-state index in [0.717, 1.165) is 54.1 Å². The van der Waals surface area contributed by atoms with Gasteiger partial charge in [0.05, 0.1) is 12.0 Å². The molecule has 1 unspecified atom stereocenters. The molecule has 4 rings (SSSR count). The molecule has 1 atom stereocenters. The minimum absolute atomic E-state index is 0.0509. The van der Waals surface area contributed by atoms with Gasteiger partial charge in [-0.2, -0.15) is 4.31 Å². The largest absolute Gasteiger partial charge is 0.497 e. The number of hydrogen-bond donors (Lipinski definition) is 1. The maximum absolute atomic E-state index is 13.6. The molecule has 2 fully saturated rings. The first-order valence-electron chi connectivity index (χ1n) is 12.0. The Bertz CT molecular complexity index is 1120. The quantitative estimate of drug-likeness (QED) is 0.677.